The molecule has 0 atom stereocenters. The Hall–Kier alpha value is -4.41. The van der Waals surface area contributed by atoms with Crippen molar-refractivity contribution in [1.29, 1.82) is 5.26 Å². The minimum Gasteiger partial charge on any atom is -0.497 e. The molecule has 6 nitrogen and oxygen atoms in total. The third-order valence-corrected chi connectivity index (χ3v) is 6.74. The third-order valence-electron chi connectivity index (χ3n) is 5.76. The molecule has 7 heteroatoms. The minimum atomic E-state index is -0.238. The highest BCUT2D eigenvalue weighted by Crippen LogP contribution is 2.35. The number of ether oxygens (including phenoxy) is 1. The van der Waals surface area contributed by atoms with E-state index in [-0.39, 0.29) is 17.4 Å². The van der Waals surface area contributed by atoms with Crippen LogP contribution in [0.4, 0.5) is 5.69 Å². The van der Waals surface area contributed by atoms with Gasteiger partial charge < -0.3 is 10.1 Å². The molecule has 0 aliphatic heterocycles. The van der Waals surface area contributed by atoms with Crippen LogP contribution in [0.2, 0.25) is 0 Å². The first-order chi connectivity index (χ1) is 17.9. The Labute approximate surface area is 220 Å². The van der Waals surface area contributed by atoms with Gasteiger partial charge in [0, 0.05) is 22.4 Å². The lowest BCUT2D eigenvalue weighted by Gasteiger charge is -2.13. The number of hydrogen-bond acceptors (Lipinski definition) is 6. The fourth-order valence-electron chi connectivity index (χ4n) is 3.72. The zero-order valence-electron chi connectivity index (χ0n) is 20.7. The second kappa shape index (κ2) is 11.5. The first-order valence-electron chi connectivity index (χ1n) is 11.6. The summed E-state index contributed by atoms with van der Waals surface area (Å²) in [5.41, 5.74) is 5.93. The van der Waals surface area contributed by atoms with E-state index in [2.05, 4.69) is 11.4 Å². The number of hydrogen-bond donors (Lipinski definition) is 1. The molecule has 4 aromatic rings. The van der Waals surface area contributed by atoms with Crippen molar-refractivity contribution in [2.75, 3.05) is 18.2 Å². The topological polar surface area (TPSA) is 92.1 Å². The lowest BCUT2D eigenvalue weighted by Crippen LogP contribution is -2.14. The molecule has 0 saturated carbocycles. The summed E-state index contributed by atoms with van der Waals surface area (Å²) in [6, 6.07) is 26.4. The molecule has 1 amide bonds. The first kappa shape index (κ1) is 25.7. The molecule has 37 heavy (non-hydrogen) atoms. The fraction of sp³-hybridized carbons (Fsp3) is 0.133. The Kier molecular flexibility index (Phi) is 8.02. The summed E-state index contributed by atoms with van der Waals surface area (Å²) in [6.07, 6.45) is 0. The number of amides is 1. The van der Waals surface area contributed by atoms with Gasteiger partial charge in [-0.05, 0) is 61.9 Å². The number of pyridine rings is 1. The van der Waals surface area contributed by atoms with Crippen LogP contribution in [0.5, 0.6) is 5.75 Å². The molecular formula is C30H25N3O3S. The largest absolute Gasteiger partial charge is 0.497 e. The van der Waals surface area contributed by atoms with Crippen molar-refractivity contribution in [2.24, 2.45) is 0 Å². The average molecular weight is 508 g/mol. The van der Waals surface area contributed by atoms with Crippen molar-refractivity contribution < 1.29 is 14.3 Å². The Balaban J connectivity index is 1.65. The van der Waals surface area contributed by atoms with Crippen LogP contribution in [0.1, 0.15) is 28.4 Å². The number of aryl methyl sites for hydroxylation is 1. The summed E-state index contributed by atoms with van der Waals surface area (Å²) < 4.78 is 5.28. The van der Waals surface area contributed by atoms with Crippen LogP contribution >= 0.6 is 11.8 Å². The molecule has 1 N–H and O–H groups in total. The maximum absolute atomic E-state index is 12.7. The van der Waals surface area contributed by atoms with Gasteiger partial charge >= 0.3 is 0 Å². The maximum Gasteiger partial charge on any atom is 0.234 e. The quantitative estimate of drug-likeness (QED) is 0.215. The number of nitriles is 1. The molecule has 0 spiro atoms. The van der Waals surface area contributed by atoms with Gasteiger partial charge in [-0.3, -0.25) is 9.59 Å². The second-order valence-corrected chi connectivity index (χ2v) is 9.38. The number of Topliss-reactive ketones (excluding diaryl/α,β-unsaturated/α-hetero) is 1. The van der Waals surface area contributed by atoms with Gasteiger partial charge in [0.15, 0.2) is 5.78 Å². The van der Waals surface area contributed by atoms with Crippen molar-refractivity contribution >= 4 is 29.1 Å². The van der Waals surface area contributed by atoms with Gasteiger partial charge in [-0.1, -0.05) is 53.7 Å². The number of methoxy groups -OCH3 is 1. The Bertz CT molecular complexity index is 1470. The smallest absolute Gasteiger partial charge is 0.234 e. The molecule has 3 aromatic carbocycles. The monoisotopic (exact) mass is 507 g/mol. The van der Waals surface area contributed by atoms with Crippen LogP contribution in [0.3, 0.4) is 0 Å². The molecule has 0 radical (unpaired) electrons. The lowest BCUT2D eigenvalue weighted by molar-refractivity contribution is -0.113. The van der Waals surface area contributed by atoms with Crippen LogP contribution < -0.4 is 10.1 Å². The van der Waals surface area contributed by atoms with Gasteiger partial charge in [0.05, 0.1) is 24.1 Å². The molecule has 0 unspecified atom stereocenters. The van der Waals surface area contributed by atoms with Crippen molar-refractivity contribution in [3.8, 4) is 34.2 Å². The predicted molar refractivity (Wildman–Crippen MR) is 147 cm³/mol. The number of thioether (sulfide) groups is 1. The number of carbonyl (C=O) groups is 2. The molecule has 0 bridgehead atoms. The summed E-state index contributed by atoms with van der Waals surface area (Å²) in [5.74, 6) is 0.510. The van der Waals surface area contributed by atoms with Crippen LogP contribution in [-0.4, -0.2) is 29.5 Å². The van der Waals surface area contributed by atoms with Crippen LogP contribution in [0, 0.1) is 18.3 Å². The highest BCUT2D eigenvalue weighted by molar-refractivity contribution is 8.00. The molecule has 184 valence electrons. The highest BCUT2D eigenvalue weighted by atomic mass is 32.2. The SMILES string of the molecule is COc1ccc(-c2cc(-c3ccc(C)cc3)nc(SCC(=O)Nc3ccc(C(C)=O)cc3)c2C#N)cc1. The number of benzene rings is 3. The van der Waals surface area contributed by atoms with Crippen LogP contribution in [0.15, 0.2) is 83.9 Å². The fourth-order valence-corrected chi connectivity index (χ4v) is 4.53. The number of aromatic nitrogens is 1. The second-order valence-electron chi connectivity index (χ2n) is 8.41. The molecule has 0 saturated heterocycles. The summed E-state index contributed by atoms with van der Waals surface area (Å²) in [7, 11) is 1.61. The zero-order valence-corrected chi connectivity index (χ0v) is 21.6. The van der Waals surface area contributed by atoms with E-state index in [1.165, 1.54) is 18.7 Å². The van der Waals surface area contributed by atoms with Gasteiger partial charge in [0.1, 0.15) is 16.8 Å². The van der Waals surface area contributed by atoms with Crippen LogP contribution in [-0.2, 0) is 4.79 Å². The van der Waals surface area contributed by atoms with Gasteiger partial charge in [0.2, 0.25) is 5.91 Å². The third kappa shape index (κ3) is 6.24. The van der Waals surface area contributed by atoms with Crippen molar-refractivity contribution in [1.82, 2.24) is 4.98 Å². The van der Waals surface area contributed by atoms with E-state index in [1.807, 2.05) is 61.5 Å². The molecule has 0 aliphatic rings. The minimum absolute atomic E-state index is 0.0373. The van der Waals surface area contributed by atoms with Gasteiger partial charge in [-0.15, -0.1) is 0 Å². The van der Waals surface area contributed by atoms with E-state index >= 15 is 0 Å². The average Bonchev–Trinajstić information content (AvgIpc) is 2.92. The molecule has 4 rings (SSSR count). The lowest BCUT2D eigenvalue weighted by atomic mass is 9.99. The Morgan fingerprint density at radius 2 is 1.62 bits per heavy atom. The van der Waals surface area contributed by atoms with Crippen molar-refractivity contribution in [3.05, 3.63) is 95.6 Å². The van der Waals surface area contributed by atoms with Gasteiger partial charge in [-0.2, -0.15) is 5.26 Å². The molecule has 0 aliphatic carbocycles. The van der Waals surface area contributed by atoms with E-state index in [0.29, 0.717) is 27.5 Å². The zero-order chi connectivity index (χ0) is 26.4. The van der Waals surface area contributed by atoms with Crippen LogP contribution in [0.25, 0.3) is 22.4 Å². The van der Waals surface area contributed by atoms with Crippen molar-refractivity contribution in [3.63, 3.8) is 0 Å². The summed E-state index contributed by atoms with van der Waals surface area (Å²) in [6.45, 7) is 3.52. The number of nitrogens with zero attached hydrogens (tertiary/aromatic N) is 2. The summed E-state index contributed by atoms with van der Waals surface area (Å²) in [4.78, 5) is 28.9. The molecule has 1 heterocycles. The van der Waals surface area contributed by atoms with E-state index < -0.39 is 0 Å². The number of rotatable bonds is 8. The number of nitrogens with one attached hydrogen (secondary N) is 1. The number of carbonyl (C=O) groups excluding carboxylic acids is 2. The number of anilines is 1. The van der Waals surface area contributed by atoms with Gasteiger partial charge in [-0.25, -0.2) is 4.98 Å². The summed E-state index contributed by atoms with van der Waals surface area (Å²) >= 11 is 1.21. The standard InChI is InChI=1S/C30H25N3O3S/c1-19-4-6-23(7-5-19)28-16-26(22-10-14-25(36-3)15-11-22)27(17-31)30(33-28)37-18-29(35)32-24-12-8-21(9-13-24)20(2)34/h4-16H,18H2,1-3H3,(H,32,35). The first-order valence-corrected chi connectivity index (χ1v) is 12.6. The van der Waals surface area contributed by atoms with E-state index in [9.17, 15) is 14.9 Å². The van der Waals surface area contributed by atoms with E-state index in [4.69, 9.17) is 9.72 Å². The van der Waals surface area contributed by atoms with Crippen molar-refractivity contribution in [2.45, 2.75) is 18.9 Å². The molecule has 0 fully saturated rings. The Morgan fingerprint density at radius 1 is 0.973 bits per heavy atom. The maximum atomic E-state index is 12.7. The molecule has 1 aromatic heterocycles. The summed E-state index contributed by atoms with van der Waals surface area (Å²) in [5, 5.41) is 13.4. The van der Waals surface area contributed by atoms with E-state index in [1.54, 1.807) is 31.4 Å². The van der Waals surface area contributed by atoms with E-state index in [0.717, 1.165) is 28.0 Å². The van der Waals surface area contributed by atoms with Gasteiger partial charge in [0.25, 0.3) is 0 Å². The highest BCUT2D eigenvalue weighted by Gasteiger charge is 2.17. The molecular weight excluding hydrogens is 482 g/mol. The Morgan fingerprint density at radius 3 is 2.22 bits per heavy atom. The number of ketones is 1. The normalized spacial score (nSPS) is 10.4. The predicted octanol–water partition coefficient (Wildman–Crippen LogP) is 6.54.